The summed E-state index contributed by atoms with van der Waals surface area (Å²) in [5.74, 6) is 0.703. The van der Waals surface area contributed by atoms with Crippen molar-refractivity contribution in [2.24, 2.45) is 11.8 Å². The number of ether oxygens (including phenoxy) is 1. The molecular formula is C17H24FNO2. The maximum Gasteiger partial charge on any atom is 0.226 e. The highest BCUT2D eigenvalue weighted by Gasteiger charge is 2.45. The van der Waals surface area contributed by atoms with E-state index >= 15 is 0 Å². The van der Waals surface area contributed by atoms with E-state index in [-0.39, 0.29) is 23.6 Å². The Morgan fingerprint density at radius 3 is 2.62 bits per heavy atom. The SMILES string of the molecule is COCCN(CC(C)C)C(=O)C1CC1c1ccc(F)cc1. The van der Waals surface area contributed by atoms with Crippen LogP contribution in [-0.4, -0.2) is 37.6 Å². The predicted molar refractivity (Wildman–Crippen MR) is 80.5 cm³/mol. The van der Waals surface area contributed by atoms with Crippen LogP contribution in [0.3, 0.4) is 0 Å². The average Bonchev–Trinajstić information content (AvgIpc) is 3.23. The molecule has 4 heteroatoms. The molecule has 21 heavy (non-hydrogen) atoms. The maximum atomic E-state index is 12.9. The summed E-state index contributed by atoms with van der Waals surface area (Å²) in [6.45, 7) is 6.18. The third-order valence-electron chi connectivity index (χ3n) is 3.87. The Morgan fingerprint density at radius 2 is 2.05 bits per heavy atom. The molecule has 0 aromatic heterocycles. The number of rotatable bonds is 7. The lowest BCUT2D eigenvalue weighted by atomic mass is 10.1. The topological polar surface area (TPSA) is 29.5 Å². The summed E-state index contributed by atoms with van der Waals surface area (Å²) in [5, 5.41) is 0. The highest BCUT2D eigenvalue weighted by molar-refractivity contribution is 5.83. The number of hydrogen-bond acceptors (Lipinski definition) is 2. The lowest BCUT2D eigenvalue weighted by Crippen LogP contribution is -2.38. The Hall–Kier alpha value is -1.42. The molecular weight excluding hydrogens is 269 g/mol. The van der Waals surface area contributed by atoms with E-state index in [0.29, 0.717) is 19.1 Å². The molecule has 1 aromatic rings. The van der Waals surface area contributed by atoms with Gasteiger partial charge in [0, 0.05) is 26.1 Å². The molecule has 1 aliphatic carbocycles. The van der Waals surface area contributed by atoms with Gasteiger partial charge in [0.15, 0.2) is 0 Å². The fourth-order valence-corrected chi connectivity index (χ4v) is 2.71. The van der Waals surface area contributed by atoms with Gasteiger partial charge in [0.25, 0.3) is 0 Å². The summed E-state index contributed by atoms with van der Waals surface area (Å²) in [6.07, 6.45) is 0.867. The van der Waals surface area contributed by atoms with Crippen molar-refractivity contribution in [3.05, 3.63) is 35.6 Å². The van der Waals surface area contributed by atoms with Crippen molar-refractivity contribution < 1.29 is 13.9 Å². The Balaban J connectivity index is 1.97. The Morgan fingerprint density at radius 1 is 1.38 bits per heavy atom. The van der Waals surface area contributed by atoms with Crippen molar-refractivity contribution in [2.75, 3.05) is 26.8 Å². The van der Waals surface area contributed by atoms with Gasteiger partial charge in [0.1, 0.15) is 5.82 Å². The van der Waals surface area contributed by atoms with Crippen LogP contribution >= 0.6 is 0 Å². The normalized spacial score (nSPS) is 20.6. The molecule has 0 heterocycles. The van der Waals surface area contributed by atoms with Crippen molar-refractivity contribution in [3.8, 4) is 0 Å². The minimum Gasteiger partial charge on any atom is -0.383 e. The number of amides is 1. The van der Waals surface area contributed by atoms with Crippen LogP contribution < -0.4 is 0 Å². The van der Waals surface area contributed by atoms with Gasteiger partial charge in [-0.1, -0.05) is 26.0 Å². The van der Waals surface area contributed by atoms with E-state index < -0.39 is 0 Å². The maximum absolute atomic E-state index is 12.9. The molecule has 3 nitrogen and oxygen atoms in total. The Kier molecular flexibility index (Phi) is 5.34. The average molecular weight is 293 g/mol. The second-order valence-electron chi connectivity index (χ2n) is 6.17. The zero-order chi connectivity index (χ0) is 15.4. The lowest BCUT2D eigenvalue weighted by molar-refractivity contribution is -0.133. The quantitative estimate of drug-likeness (QED) is 0.773. The van der Waals surface area contributed by atoms with E-state index in [1.807, 2.05) is 4.90 Å². The van der Waals surface area contributed by atoms with Gasteiger partial charge in [-0.3, -0.25) is 4.79 Å². The molecule has 2 atom stereocenters. The first-order chi connectivity index (χ1) is 10.0. The molecule has 0 bridgehead atoms. The standard InChI is InChI=1S/C17H24FNO2/c1-12(2)11-19(8-9-21-3)17(20)16-10-15(16)13-4-6-14(18)7-5-13/h4-7,12,15-16H,8-11H2,1-3H3. The second kappa shape index (κ2) is 7.03. The van der Waals surface area contributed by atoms with Crippen LogP contribution in [0.1, 0.15) is 31.7 Å². The van der Waals surface area contributed by atoms with E-state index in [0.717, 1.165) is 18.5 Å². The molecule has 1 aliphatic rings. The summed E-state index contributed by atoms with van der Waals surface area (Å²) < 4.78 is 18.0. The minimum atomic E-state index is -0.233. The van der Waals surface area contributed by atoms with Crippen LogP contribution in [0, 0.1) is 17.7 Å². The van der Waals surface area contributed by atoms with Gasteiger partial charge < -0.3 is 9.64 Å². The zero-order valence-corrected chi connectivity index (χ0v) is 13.0. The number of halogens is 1. The smallest absolute Gasteiger partial charge is 0.226 e. The Labute approximate surface area is 126 Å². The molecule has 0 aliphatic heterocycles. The lowest BCUT2D eigenvalue weighted by Gasteiger charge is -2.24. The van der Waals surface area contributed by atoms with Crippen LogP contribution in [-0.2, 0) is 9.53 Å². The molecule has 1 fully saturated rings. The highest BCUT2D eigenvalue weighted by Crippen LogP contribution is 2.48. The molecule has 0 saturated heterocycles. The first kappa shape index (κ1) is 16.0. The number of methoxy groups -OCH3 is 1. The zero-order valence-electron chi connectivity index (χ0n) is 13.0. The molecule has 116 valence electrons. The van der Waals surface area contributed by atoms with Crippen molar-refractivity contribution in [1.29, 1.82) is 0 Å². The summed E-state index contributed by atoms with van der Waals surface area (Å²) in [5.41, 5.74) is 1.06. The van der Waals surface area contributed by atoms with Gasteiger partial charge in [-0.05, 0) is 36.0 Å². The number of nitrogens with zero attached hydrogens (tertiary/aromatic N) is 1. The molecule has 2 unspecified atom stereocenters. The van der Waals surface area contributed by atoms with Crippen molar-refractivity contribution in [2.45, 2.75) is 26.2 Å². The minimum absolute atomic E-state index is 0.0473. The predicted octanol–water partition coefficient (Wildman–Crippen LogP) is 3.06. The van der Waals surface area contributed by atoms with Crippen LogP contribution in [0.25, 0.3) is 0 Å². The number of carbonyl (C=O) groups is 1. The summed E-state index contributed by atoms with van der Waals surface area (Å²) in [6, 6.07) is 6.50. The third-order valence-corrected chi connectivity index (χ3v) is 3.87. The summed E-state index contributed by atoms with van der Waals surface area (Å²) >= 11 is 0. The van der Waals surface area contributed by atoms with E-state index in [1.165, 1.54) is 12.1 Å². The van der Waals surface area contributed by atoms with Gasteiger partial charge in [-0.2, -0.15) is 0 Å². The largest absolute Gasteiger partial charge is 0.383 e. The van der Waals surface area contributed by atoms with Crippen molar-refractivity contribution in [3.63, 3.8) is 0 Å². The van der Waals surface area contributed by atoms with Gasteiger partial charge in [-0.25, -0.2) is 4.39 Å². The highest BCUT2D eigenvalue weighted by atomic mass is 19.1. The van der Waals surface area contributed by atoms with Crippen LogP contribution in [0.2, 0.25) is 0 Å². The number of hydrogen-bond donors (Lipinski definition) is 0. The summed E-state index contributed by atoms with van der Waals surface area (Å²) in [4.78, 5) is 14.5. The molecule has 0 radical (unpaired) electrons. The van der Waals surface area contributed by atoms with Crippen molar-refractivity contribution in [1.82, 2.24) is 4.90 Å². The fourth-order valence-electron chi connectivity index (χ4n) is 2.71. The molecule has 1 amide bonds. The van der Waals surface area contributed by atoms with E-state index in [2.05, 4.69) is 13.8 Å². The first-order valence-electron chi connectivity index (χ1n) is 7.56. The van der Waals surface area contributed by atoms with Crippen molar-refractivity contribution >= 4 is 5.91 Å². The van der Waals surface area contributed by atoms with Gasteiger partial charge in [0.2, 0.25) is 5.91 Å². The van der Waals surface area contributed by atoms with E-state index in [1.54, 1.807) is 19.2 Å². The van der Waals surface area contributed by atoms with E-state index in [4.69, 9.17) is 4.74 Å². The first-order valence-corrected chi connectivity index (χ1v) is 7.56. The molecule has 0 spiro atoms. The van der Waals surface area contributed by atoms with Crippen LogP contribution in [0.4, 0.5) is 4.39 Å². The number of benzene rings is 1. The fraction of sp³-hybridized carbons (Fsp3) is 0.588. The van der Waals surface area contributed by atoms with Gasteiger partial charge in [0.05, 0.1) is 6.61 Å². The van der Waals surface area contributed by atoms with E-state index in [9.17, 15) is 9.18 Å². The molecule has 2 rings (SSSR count). The molecule has 1 saturated carbocycles. The second-order valence-corrected chi connectivity index (χ2v) is 6.17. The van der Waals surface area contributed by atoms with Gasteiger partial charge >= 0.3 is 0 Å². The Bertz CT molecular complexity index is 472. The van der Waals surface area contributed by atoms with Crippen LogP contribution in [0.15, 0.2) is 24.3 Å². The monoisotopic (exact) mass is 293 g/mol. The number of carbonyl (C=O) groups excluding carboxylic acids is 1. The summed E-state index contributed by atoms with van der Waals surface area (Å²) in [7, 11) is 1.65. The molecule has 0 N–H and O–H groups in total. The van der Waals surface area contributed by atoms with Crippen LogP contribution in [0.5, 0.6) is 0 Å². The van der Waals surface area contributed by atoms with Gasteiger partial charge in [-0.15, -0.1) is 0 Å². The third kappa shape index (κ3) is 4.27. The molecule has 1 aromatic carbocycles.